The van der Waals surface area contributed by atoms with Gasteiger partial charge in [-0.25, -0.2) is 4.98 Å². The molecule has 0 aliphatic heterocycles. The predicted molar refractivity (Wildman–Crippen MR) is 84.8 cm³/mol. The van der Waals surface area contributed by atoms with E-state index < -0.39 is 0 Å². The van der Waals surface area contributed by atoms with Gasteiger partial charge in [0.1, 0.15) is 0 Å². The molecule has 2 aromatic rings. The van der Waals surface area contributed by atoms with Crippen LogP contribution in [-0.4, -0.2) is 11.0 Å². The second-order valence-corrected chi connectivity index (χ2v) is 6.15. The van der Waals surface area contributed by atoms with Crippen molar-refractivity contribution in [3.8, 4) is 0 Å². The molecule has 1 saturated carbocycles. The first-order valence-corrected chi connectivity index (χ1v) is 7.52. The normalized spacial score (nSPS) is 21.4. The van der Waals surface area contributed by atoms with E-state index in [4.69, 9.17) is 23.2 Å². The van der Waals surface area contributed by atoms with Crippen molar-refractivity contribution in [3.05, 3.63) is 57.8 Å². The molecule has 1 fully saturated rings. The third kappa shape index (κ3) is 2.77. The van der Waals surface area contributed by atoms with Gasteiger partial charge in [-0.2, -0.15) is 0 Å². The quantitative estimate of drug-likeness (QED) is 0.802. The zero-order valence-corrected chi connectivity index (χ0v) is 12.7. The molecule has 0 bridgehead atoms. The summed E-state index contributed by atoms with van der Waals surface area (Å²) in [5.74, 6) is 0.540. The molecule has 4 heteroatoms. The van der Waals surface area contributed by atoms with E-state index in [1.807, 2.05) is 31.2 Å². The van der Waals surface area contributed by atoms with Crippen LogP contribution >= 0.6 is 23.2 Å². The lowest BCUT2D eigenvalue weighted by Gasteiger charge is -2.37. The Labute approximate surface area is 129 Å². The molecule has 104 valence electrons. The number of hydrogen-bond acceptors (Lipinski definition) is 2. The van der Waals surface area contributed by atoms with Crippen molar-refractivity contribution in [1.29, 1.82) is 0 Å². The molecule has 0 saturated heterocycles. The van der Waals surface area contributed by atoms with Gasteiger partial charge in [0.2, 0.25) is 0 Å². The zero-order chi connectivity index (χ0) is 14.1. The Kier molecular flexibility index (Phi) is 3.86. The summed E-state index contributed by atoms with van der Waals surface area (Å²) in [4.78, 5) is 4.16. The minimum Gasteiger partial charge on any atom is -0.380 e. The van der Waals surface area contributed by atoms with Crippen LogP contribution in [0.4, 0.5) is 5.69 Å². The molecule has 1 N–H and O–H groups in total. The van der Waals surface area contributed by atoms with Crippen LogP contribution in [0, 0.1) is 6.92 Å². The van der Waals surface area contributed by atoms with Crippen molar-refractivity contribution in [2.45, 2.75) is 31.7 Å². The number of rotatable bonds is 3. The lowest BCUT2D eigenvalue weighted by molar-refractivity contribution is 0.374. The zero-order valence-electron chi connectivity index (χ0n) is 11.2. The predicted octanol–water partition coefficient (Wildman–Crippen LogP) is 5.05. The van der Waals surface area contributed by atoms with Crippen LogP contribution in [-0.2, 0) is 0 Å². The highest BCUT2D eigenvalue weighted by atomic mass is 35.5. The summed E-state index contributed by atoms with van der Waals surface area (Å²) < 4.78 is 0. The fourth-order valence-electron chi connectivity index (χ4n) is 2.67. The summed E-state index contributed by atoms with van der Waals surface area (Å²) in [5.41, 5.74) is 3.29. The molecule has 0 spiro atoms. The number of nitrogens with zero attached hydrogens (tertiary/aromatic N) is 1. The second kappa shape index (κ2) is 5.63. The van der Waals surface area contributed by atoms with Crippen molar-refractivity contribution >= 4 is 28.9 Å². The summed E-state index contributed by atoms with van der Waals surface area (Å²) in [6.07, 6.45) is 3.93. The molecule has 1 heterocycles. The van der Waals surface area contributed by atoms with Crippen LogP contribution in [0.5, 0.6) is 0 Å². The fraction of sp³-hybridized carbons (Fsp3) is 0.312. The molecule has 1 aromatic heterocycles. The summed E-state index contributed by atoms with van der Waals surface area (Å²) in [7, 11) is 0. The van der Waals surface area contributed by atoms with Crippen LogP contribution in [0.15, 0.2) is 36.5 Å². The fourth-order valence-corrected chi connectivity index (χ4v) is 3.12. The van der Waals surface area contributed by atoms with Gasteiger partial charge < -0.3 is 5.32 Å². The van der Waals surface area contributed by atoms with Gasteiger partial charge in [0.15, 0.2) is 5.15 Å². The molecular weight excluding hydrogens is 291 g/mol. The van der Waals surface area contributed by atoms with E-state index in [0.717, 1.165) is 29.1 Å². The highest BCUT2D eigenvalue weighted by Crippen LogP contribution is 2.41. The van der Waals surface area contributed by atoms with Gasteiger partial charge in [0, 0.05) is 17.3 Å². The van der Waals surface area contributed by atoms with Crippen molar-refractivity contribution in [3.63, 3.8) is 0 Å². The Morgan fingerprint density at radius 1 is 1.20 bits per heavy atom. The smallest absolute Gasteiger partial charge is 0.152 e. The van der Waals surface area contributed by atoms with E-state index in [1.165, 1.54) is 5.56 Å². The van der Waals surface area contributed by atoms with Gasteiger partial charge in [-0.3, -0.25) is 0 Å². The lowest BCUT2D eigenvalue weighted by Crippen LogP contribution is -2.34. The summed E-state index contributed by atoms with van der Waals surface area (Å²) in [5, 5.41) is 4.87. The number of anilines is 1. The number of aromatic nitrogens is 1. The Morgan fingerprint density at radius 3 is 2.70 bits per heavy atom. The highest BCUT2D eigenvalue weighted by Gasteiger charge is 2.31. The van der Waals surface area contributed by atoms with Crippen LogP contribution in [0.1, 0.15) is 29.9 Å². The topological polar surface area (TPSA) is 24.9 Å². The van der Waals surface area contributed by atoms with E-state index in [2.05, 4.69) is 16.4 Å². The van der Waals surface area contributed by atoms with Crippen LogP contribution < -0.4 is 5.32 Å². The Balaban J connectivity index is 1.64. The second-order valence-electron chi connectivity index (χ2n) is 5.38. The third-order valence-corrected chi connectivity index (χ3v) is 4.46. The van der Waals surface area contributed by atoms with E-state index in [1.54, 1.807) is 6.20 Å². The largest absolute Gasteiger partial charge is 0.380 e. The first-order valence-electron chi connectivity index (χ1n) is 6.76. The van der Waals surface area contributed by atoms with E-state index in [0.29, 0.717) is 17.1 Å². The highest BCUT2D eigenvalue weighted by molar-refractivity contribution is 6.32. The van der Waals surface area contributed by atoms with Crippen LogP contribution in [0.25, 0.3) is 0 Å². The van der Waals surface area contributed by atoms with Crippen LogP contribution in [0.3, 0.4) is 0 Å². The maximum atomic E-state index is 6.23. The minimum absolute atomic E-state index is 0.442. The molecule has 1 aliphatic rings. The van der Waals surface area contributed by atoms with Crippen molar-refractivity contribution in [2.75, 3.05) is 5.32 Å². The van der Waals surface area contributed by atoms with Gasteiger partial charge >= 0.3 is 0 Å². The Bertz CT molecular complexity index is 622. The first kappa shape index (κ1) is 13.7. The van der Waals surface area contributed by atoms with E-state index in [9.17, 15) is 0 Å². The summed E-state index contributed by atoms with van der Waals surface area (Å²) >= 11 is 12.3. The molecule has 20 heavy (non-hydrogen) atoms. The van der Waals surface area contributed by atoms with E-state index in [-0.39, 0.29) is 0 Å². The SMILES string of the molecule is Cc1cnc(Cl)c(NC2CC(c3ccccc3Cl)C2)c1. The van der Waals surface area contributed by atoms with Crippen molar-refractivity contribution in [2.24, 2.45) is 0 Å². The number of hydrogen-bond donors (Lipinski definition) is 1. The van der Waals surface area contributed by atoms with Gasteiger partial charge in [-0.15, -0.1) is 0 Å². The van der Waals surface area contributed by atoms with Crippen molar-refractivity contribution in [1.82, 2.24) is 4.98 Å². The standard InChI is InChI=1S/C16H16Cl2N2/c1-10-6-15(16(18)19-9-10)20-12-7-11(8-12)13-4-2-3-5-14(13)17/h2-6,9,11-12,20H,7-8H2,1H3. The van der Waals surface area contributed by atoms with E-state index >= 15 is 0 Å². The summed E-state index contributed by atoms with van der Waals surface area (Å²) in [6.45, 7) is 2.02. The van der Waals surface area contributed by atoms with Gasteiger partial charge in [0.05, 0.1) is 5.69 Å². The number of nitrogens with one attached hydrogen (secondary N) is 1. The van der Waals surface area contributed by atoms with Gasteiger partial charge in [-0.1, -0.05) is 41.4 Å². The maximum Gasteiger partial charge on any atom is 0.152 e. The Morgan fingerprint density at radius 2 is 1.95 bits per heavy atom. The monoisotopic (exact) mass is 306 g/mol. The number of halogens is 2. The molecule has 1 aromatic carbocycles. The Hall–Kier alpha value is -1.25. The minimum atomic E-state index is 0.442. The van der Waals surface area contributed by atoms with Crippen molar-refractivity contribution < 1.29 is 0 Å². The number of benzene rings is 1. The maximum absolute atomic E-state index is 6.23. The molecule has 2 nitrogen and oxygen atoms in total. The molecule has 0 atom stereocenters. The van der Waals surface area contributed by atoms with Gasteiger partial charge in [0.25, 0.3) is 0 Å². The third-order valence-electron chi connectivity index (χ3n) is 3.82. The average molecular weight is 307 g/mol. The molecule has 0 amide bonds. The molecule has 3 rings (SSSR count). The van der Waals surface area contributed by atoms with Crippen LogP contribution in [0.2, 0.25) is 10.2 Å². The molecule has 0 unspecified atom stereocenters. The summed E-state index contributed by atoms with van der Waals surface area (Å²) in [6, 6.07) is 10.6. The number of aryl methyl sites for hydroxylation is 1. The molecular formula is C16H16Cl2N2. The average Bonchev–Trinajstić information content (AvgIpc) is 2.38. The lowest BCUT2D eigenvalue weighted by atomic mass is 9.76. The first-order chi connectivity index (χ1) is 9.63. The molecule has 1 aliphatic carbocycles. The number of pyridine rings is 1. The molecule has 0 radical (unpaired) electrons. The van der Waals surface area contributed by atoms with Gasteiger partial charge in [-0.05, 0) is 48.9 Å².